The van der Waals surface area contributed by atoms with Crippen LogP contribution < -0.4 is 10.1 Å². The average molecular weight is 426 g/mol. The molecule has 1 aliphatic rings. The second kappa shape index (κ2) is 10.1. The highest BCUT2D eigenvalue weighted by Crippen LogP contribution is 2.34. The Bertz CT molecular complexity index is 962. The van der Waals surface area contributed by atoms with Crippen LogP contribution in [0, 0.1) is 5.82 Å². The standard InChI is InChI=1S/C23H27FN4O3/c1-4-13-25-23(30)27(2)15-22(29)28-21(16-9-11-17(31-3)12-10-16)14-20(26-28)18-7-5-6-8-19(18)24/h5-12,21H,4,13-15H2,1-3H3,(H,25,30). The number of hydrogen-bond acceptors (Lipinski definition) is 4. The highest BCUT2D eigenvalue weighted by molar-refractivity contribution is 6.03. The van der Waals surface area contributed by atoms with Crippen LogP contribution in [0.15, 0.2) is 53.6 Å². The Hall–Kier alpha value is -3.42. The topological polar surface area (TPSA) is 74.2 Å². The Balaban J connectivity index is 1.86. The van der Waals surface area contributed by atoms with Gasteiger partial charge in [-0.25, -0.2) is 14.2 Å². The summed E-state index contributed by atoms with van der Waals surface area (Å²) in [6, 6.07) is 13.0. The van der Waals surface area contributed by atoms with Crippen molar-refractivity contribution in [3.05, 3.63) is 65.5 Å². The number of amides is 3. The van der Waals surface area contributed by atoms with E-state index in [9.17, 15) is 14.0 Å². The molecule has 2 aromatic carbocycles. The number of rotatable bonds is 7. The normalized spacial score (nSPS) is 15.4. The Labute approximate surface area is 181 Å². The number of nitrogens with zero attached hydrogens (tertiary/aromatic N) is 3. The molecule has 0 aromatic heterocycles. The molecule has 8 heteroatoms. The van der Waals surface area contributed by atoms with Crippen LogP contribution in [0.25, 0.3) is 0 Å². The molecule has 0 spiro atoms. The molecule has 3 amide bonds. The predicted octanol–water partition coefficient (Wildman–Crippen LogP) is 3.56. The third kappa shape index (κ3) is 5.20. The van der Waals surface area contributed by atoms with Crippen molar-refractivity contribution < 1.29 is 18.7 Å². The molecule has 2 aromatic rings. The number of urea groups is 1. The third-order valence-electron chi connectivity index (χ3n) is 5.10. The molecule has 1 N–H and O–H groups in total. The van der Waals surface area contributed by atoms with E-state index >= 15 is 0 Å². The zero-order chi connectivity index (χ0) is 22.4. The highest BCUT2D eigenvalue weighted by Gasteiger charge is 2.34. The number of benzene rings is 2. The summed E-state index contributed by atoms with van der Waals surface area (Å²) in [5.41, 5.74) is 1.71. The fourth-order valence-electron chi connectivity index (χ4n) is 3.40. The molecule has 1 unspecified atom stereocenters. The minimum atomic E-state index is -0.403. The van der Waals surface area contributed by atoms with Crippen molar-refractivity contribution in [1.82, 2.24) is 15.2 Å². The summed E-state index contributed by atoms with van der Waals surface area (Å²) >= 11 is 0. The molecule has 0 fully saturated rings. The summed E-state index contributed by atoms with van der Waals surface area (Å²) in [6.45, 7) is 2.34. The summed E-state index contributed by atoms with van der Waals surface area (Å²) in [7, 11) is 3.14. The van der Waals surface area contributed by atoms with Crippen molar-refractivity contribution in [3.63, 3.8) is 0 Å². The van der Waals surface area contributed by atoms with E-state index in [1.54, 1.807) is 32.4 Å². The van der Waals surface area contributed by atoms with Gasteiger partial charge in [0.25, 0.3) is 5.91 Å². The molecule has 0 aliphatic carbocycles. The van der Waals surface area contributed by atoms with Crippen molar-refractivity contribution >= 4 is 17.6 Å². The fraction of sp³-hybridized carbons (Fsp3) is 0.348. The van der Waals surface area contributed by atoms with Gasteiger partial charge >= 0.3 is 6.03 Å². The monoisotopic (exact) mass is 426 g/mol. The molecule has 1 atom stereocenters. The van der Waals surface area contributed by atoms with Gasteiger partial charge in [-0.3, -0.25) is 4.79 Å². The maximum atomic E-state index is 14.4. The molecule has 3 rings (SSSR count). The van der Waals surface area contributed by atoms with Gasteiger partial charge in [0.1, 0.15) is 18.1 Å². The first-order chi connectivity index (χ1) is 14.9. The van der Waals surface area contributed by atoms with Crippen LogP contribution in [0.3, 0.4) is 0 Å². The van der Waals surface area contributed by atoms with Gasteiger partial charge in [-0.05, 0) is 30.2 Å². The predicted molar refractivity (Wildman–Crippen MR) is 116 cm³/mol. The minimum absolute atomic E-state index is 0.143. The highest BCUT2D eigenvalue weighted by atomic mass is 19.1. The molecule has 0 saturated heterocycles. The Morgan fingerprint density at radius 2 is 1.94 bits per heavy atom. The van der Waals surface area contributed by atoms with Crippen LogP contribution in [0.1, 0.15) is 36.9 Å². The SMILES string of the molecule is CCCNC(=O)N(C)CC(=O)N1N=C(c2ccccc2F)CC1c1ccc(OC)cc1. The number of likely N-dealkylation sites (N-methyl/N-ethyl adjacent to an activating group) is 1. The smallest absolute Gasteiger partial charge is 0.317 e. The van der Waals surface area contributed by atoms with Gasteiger partial charge < -0.3 is 15.0 Å². The largest absolute Gasteiger partial charge is 0.497 e. The molecule has 31 heavy (non-hydrogen) atoms. The van der Waals surface area contributed by atoms with Crippen LogP contribution in [0.2, 0.25) is 0 Å². The maximum Gasteiger partial charge on any atom is 0.317 e. The number of nitrogens with one attached hydrogen (secondary N) is 1. The number of ether oxygens (including phenoxy) is 1. The van der Waals surface area contributed by atoms with E-state index in [0.717, 1.165) is 12.0 Å². The van der Waals surface area contributed by atoms with E-state index in [0.29, 0.717) is 30.0 Å². The van der Waals surface area contributed by atoms with Crippen molar-refractivity contribution in [2.45, 2.75) is 25.8 Å². The number of hydrogen-bond donors (Lipinski definition) is 1. The molecule has 1 aliphatic heterocycles. The maximum absolute atomic E-state index is 14.4. The lowest BCUT2D eigenvalue weighted by Crippen LogP contribution is -2.43. The Morgan fingerprint density at radius 3 is 2.58 bits per heavy atom. The lowest BCUT2D eigenvalue weighted by atomic mass is 9.98. The van der Waals surface area contributed by atoms with Crippen LogP contribution >= 0.6 is 0 Å². The quantitative estimate of drug-likeness (QED) is 0.736. The first-order valence-electron chi connectivity index (χ1n) is 10.2. The van der Waals surface area contributed by atoms with E-state index in [1.165, 1.54) is 16.0 Å². The second-order valence-corrected chi connectivity index (χ2v) is 7.35. The van der Waals surface area contributed by atoms with Crippen LogP contribution in [-0.4, -0.2) is 54.8 Å². The molecule has 0 bridgehead atoms. The number of carbonyl (C=O) groups excluding carboxylic acids is 2. The van der Waals surface area contributed by atoms with Crippen molar-refractivity contribution in [2.24, 2.45) is 5.10 Å². The summed E-state index contributed by atoms with van der Waals surface area (Å²) < 4.78 is 19.6. The molecule has 0 saturated carbocycles. The molecule has 164 valence electrons. The molecule has 0 radical (unpaired) electrons. The van der Waals surface area contributed by atoms with E-state index in [-0.39, 0.29) is 24.3 Å². The van der Waals surface area contributed by atoms with Crippen LogP contribution in [0.4, 0.5) is 9.18 Å². The van der Waals surface area contributed by atoms with E-state index in [1.807, 2.05) is 31.2 Å². The summed E-state index contributed by atoms with van der Waals surface area (Å²) in [4.78, 5) is 26.6. The zero-order valence-corrected chi connectivity index (χ0v) is 18.0. The van der Waals surface area contributed by atoms with Gasteiger partial charge in [0, 0.05) is 25.6 Å². The van der Waals surface area contributed by atoms with E-state index in [4.69, 9.17) is 4.74 Å². The number of halogens is 1. The van der Waals surface area contributed by atoms with E-state index < -0.39 is 6.04 Å². The molecular formula is C23H27FN4O3. The van der Waals surface area contributed by atoms with Crippen molar-refractivity contribution in [2.75, 3.05) is 27.2 Å². The Kier molecular flexibility index (Phi) is 7.23. The summed E-state index contributed by atoms with van der Waals surface area (Å²) in [5.74, 6) is -0.0383. The van der Waals surface area contributed by atoms with E-state index in [2.05, 4.69) is 10.4 Å². The molecule has 1 heterocycles. The zero-order valence-electron chi connectivity index (χ0n) is 18.0. The fourth-order valence-corrected chi connectivity index (χ4v) is 3.40. The summed E-state index contributed by atoms with van der Waals surface area (Å²) in [6.07, 6.45) is 1.17. The number of methoxy groups -OCH3 is 1. The van der Waals surface area contributed by atoms with Crippen LogP contribution in [0.5, 0.6) is 5.75 Å². The van der Waals surface area contributed by atoms with Crippen molar-refractivity contribution in [1.29, 1.82) is 0 Å². The van der Waals surface area contributed by atoms with Gasteiger partial charge in [0.05, 0.1) is 18.9 Å². The first kappa shape index (κ1) is 22.3. The Morgan fingerprint density at radius 1 is 1.23 bits per heavy atom. The van der Waals surface area contributed by atoms with Crippen molar-refractivity contribution in [3.8, 4) is 5.75 Å². The lowest BCUT2D eigenvalue weighted by Gasteiger charge is -2.25. The minimum Gasteiger partial charge on any atom is -0.497 e. The molecule has 7 nitrogen and oxygen atoms in total. The van der Waals surface area contributed by atoms with Gasteiger partial charge in [0.15, 0.2) is 0 Å². The number of hydrazone groups is 1. The third-order valence-corrected chi connectivity index (χ3v) is 5.10. The van der Waals surface area contributed by atoms with Crippen LogP contribution in [-0.2, 0) is 4.79 Å². The van der Waals surface area contributed by atoms with Gasteiger partial charge in [-0.1, -0.05) is 37.3 Å². The van der Waals surface area contributed by atoms with Gasteiger partial charge in [-0.2, -0.15) is 5.10 Å². The lowest BCUT2D eigenvalue weighted by molar-refractivity contribution is -0.133. The average Bonchev–Trinajstić information content (AvgIpc) is 3.23. The first-order valence-corrected chi connectivity index (χ1v) is 10.2. The second-order valence-electron chi connectivity index (χ2n) is 7.35. The van der Waals surface area contributed by atoms with Gasteiger partial charge in [0.2, 0.25) is 0 Å². The number of carbonyl (C=O) groups is 2. The van der Waals surface area contributed by atoms with Gasteiger partial charge in [-0.15, -0.1) is 0 Å². The molecular weight excluding hydrogens is 399 g/mol. The summed E-state index contributed by atoms with van der Waals surface area (Å²) in [5, 5.41) is 8.56.